The molecule has 5 nitrogen and oxygen atoms in total. The SMILES string of the molecule is CC(C)c1nc(CCC(=O)O)n(Cc2cccnc2)c1Sc1cccc(Cl)c1. The van der Waals surface area contributed by atoms with Gasteiger partial charge in [-0.2, -0.15) is 0 Å². The Morgan fingerprint density at radius 2 is 2.11 bits per heavy atom. The first-order valence-corrected chi connectivity index (χ1v) is 10.3. The Morgan fingerprint density at radius 1 is 1.29 bits per heavy atom. The van der Waals surface area contributed by atoms with Crippen molar-refractivity contribution < 1.29 is 9.90 Å². The van der Waals surface area contributed by atoms with E-state index in [1.165, 1.54) is 0 Å². The topological polar surface area (TPSA) is 68.0 Å². The molecule has 0 aliphatic heterocycles. The quantitative estimate of drug-likeness (QED) is 0.542. The first kappa shape index (κ1) is 20.4. The van der Waals surface area contributed by atoms with Gasteiger partial charge in [-0.15, -0.1) is 0 Å². The monoisotopic (exact) mass is 415 g/mol. The Hall–Kier alpha value is -2.31. The van der Waals surface area contributed by atoms with Crippen molar-refractivity contribution >= 4 is 29.3 Å². The predicted octanol–water partition coefficient (Wildman–Crippen LogP) is 5.27. The molecule has 2 heterocycles. The Morgan fingerprint density at radius 3 is 2.75 bits per heavy atom. The van der Waals surface area contributed by atoms with Gasteiger partial charge in [0.1, 0.15) is 10.9 Å². The number of hydrogen-bond acceptors (Lipinski definition) is 4. The van der Waals surface area contributed by atoms with Gasteiger partial charge in [-0.3, -0.25) is 9.78 Å². The van der Waals surface area contributed by atoms with E-state index >= 15 is 0 Å². The van der Waals surface area contributed by atoms with Gasteiger partial charge in [-0.05, 0) is 35.7 Å². The first-order valence-electron chi connectivity index (χ1n) is 9.07. The van der Waals surface area contributed by atoms with Gasteiger partial charge in [-0.1, -0.05) is 49.3 Å². The minimum absolute atomic E-state index is 0.0445. The average molecular weight is 416 g/mol. The second-order valence-electron chi connectivity index (χ2n) is 6.77. The highest BCUT2D eigenvalue weighted by Crippen LogP contribution is 2.36. The third kappa shape index (κ3) is 5.14. The van der Waals surface area contributed by atoms with E-state index in [1.54, 1.807) is 18.0 Å². The van der Waals surface area contributed by atoms with E-state index in [0.717, 1.165) is 27.0 Å². The smallest absolute Gasteiger partial charge is 0.303 e. The summed E-state index contributed by atoms with van der Waals surface area (Å²) in [6, 6.07) is 11.6. The molecular weight excluding hydrogens is 394 g/mol. The molecule has 3 aromatic rings. The second-order valence-corrected chi connectivity index (χ2v) is 8.27. The largest absolute Gasteiger partial charge is 0.481 e. The van der Waals surface area contributed by atoms with Crippen LogP contribution < -0.4 is 0 Å². The molecule has 0 unspecified atom stereocenters. The van der Waals surface area contributed by atoms with Crippen LogP contribution in [0.2, 0.25) is 5.02 Å². The standard InChI is InChI=1S/C21H22ClN3O2S/c1-14(2)20-21(28-17-7-3-6-16(22)11-17)25(13-15-5-4-10-23-12-15)18(24-20)8-9-19(26)27/h3-7,10-12,14H,8-9,13H2,1-2H3,(H,26,27). The highest BCUT2D eigenvalue weighted by atomic mass is 35.5. The Labute approximate surface area is 173 Å². The van der Waals surface area contributed by atoms with E-state index in [2.05, 4.69) is 23.4 Å². The molecule has 0 bridgehead atoms. The Balaban J connectivity index is 2.06. The van der Waals surface area contributed by atoms with Gasteiger partial charge >= 0.3 is 5.97 Å². The van der Waals surface area contributed by atoms with Gasteiger partial charge in [0.25, 0.3) is 0 Å². The zero-order valence-electron chi connectivity index (χ0n) is 15.8. The van der Waals surface area contributed by atoms with Gasteiger partial charge in [0.05, 0.1) is 18.7 Å². The molecule has 0 aliphatic rings. The van der Waals surface area contributed by atoms with Crippen LogP contribution in [0.3, 0.4) is 0 Å². The molecule has 0 amide bonds. The molecule has 2 aromatic heterocycles. The molecule has 0 spiro atoms. The van der Waals surface area contributed by atoms with Crippen molar-refractivity contribution in [3.05, 3.63) is 70.9 Å². The van der Waals surface area contributed by atoms with Crippen LogP contribution in [0.1, 0.15) is 43.3 Å². The van der Waals surface area contributed by atoms with Crippen molar-refractivity contribution in [1.82, 2.24) is 14.5 Å². The maximum atomic E-state index is 11.1. The predicted molar refractivity (Wildman–Crippen MR) is 111 cm³/mol. The highest BCUT2D eigenvalue weighted by molar-refractivity contribution is 7.99. The molecule has 0 radical (unpaired) electrons. The van der Waals surface area contributed by atoms with Crippen LogP contribution >= 0.6 is 23.4 Å². The molecule has 0 saturated carbocycles. The number of aromatic nitrogens is 3. The molecule has 0 saturated heterocycles. The van der Waals surface area contributed by atoms with E-state index in [-0.39, 0.29) is 12.3 Å². The Kier molecular flexibility index (Phi) is 6.75. The normalized spacial score (nSPS) is 11.1. The van der Waals surface area contributed by atoms with E-state index < -0.39 is 5.97 Å². The molecule has 1 aromatic carbocycles. The van der Waals surface area contributed by atoms with Crippen molar-refractivity contribution in [3.63, 3.8) is 0 Å². The number of hydrogen-bond donors (Lipinski definition) is 1. The zero-order chi connectivity index (χ0) is 20.1. The highest BCUT2D eigenvalue weighted by Gasteiger charge is 2.21. The minimum Gasteiger partial charge on any atom is -0.481 e. The summed E-state index contributed by atoms with van der Waals surface area (Å²) in [5.41, 5.74) is 2.01. The number of aryl methyl sites for hydroxylation is 1. The van der Waals surface area contributed by atoms with Crippen LogP contribution in [0, 0.1) is 0 Å². The average Bonchev–Trinajstić information content (AvgIpc) is 2.98. The maximum absolute atomic E-state index is 11.1. The summed E-state index contributed by atoms with van der Waals surface area (Å²) < 4.78 is 2.11. The van der Waals surface area contributed by atoms with Crippen molar-refractivity contribution in [2.45, 2.75) is 49.1 Å². The van der Waals surface area contributed by atoms with Crippen LogP contribution in [0.4, 0.5) is 0 Å². The number of nitrogens with zero attached hydrogens (tertiary/aromatic N) is 3. The summed E-state index contributed by atoms with van der Waals surface area (Å²) in [6.07, 6.45) is 3.99. The van der Waals surface area contributed by atoms with Crippen LogP contribution in [-0.4, -0.2) is 25.6 Å². The fourth-order valence-electron chi connectivity index (χ4n) is 2.88. The number of pyridine rings is 1. The summed E-state index contributed by atoms with van der Waals surface area (Å²) in [5.74, 6) is 0.158. The van der Waals surface area contributed by atoms with E-state index in [4.69, 9.17) is 21.7 Å². The lowest BCUT2D eigenvalue weighted by Crippen LogP contribution is -2.09. The lowest BCUT2D eigenvalue weighted by Gasteiger charge is -2.13. The molecule has 0 fully saturated rings. The van der Waals surface area contributed by atoms with E-state index in [0.29, 0.717) is 18.0 Å². The lowest BCUT2D eigenvalue weighted by atomic mass is 10.1. The summed E-state index contributed by atoms with van der Waals surface area (Å²) in [5, 5.41) is 10.8. The summed E-state index contributed by atoms with van der Waals surface area (Å²) in [7, 11) is 0. The van der Waals surface area contributed by atoms with Crippen molar-refractivity contribution in [2.75, 3.05) is 0 Å². The number of imidazole rings is 1. The zero-order valence-corrected chi connectivity index (χ0v) is 17.4. The van der Waals surface area contributed by atoms with Gasteiger partial charge in [0.2, 0.25) is 0 Å². The van der Waals surface area contributed by atoms with E-state index in [1.807, 2.05) is 42.6 Å². The van der Waals surface area contributed by atoms with Crippen LogP contribution in [-0.2, 0) is 17.8 Å². The van der Waals surface area contributed by atoms with E-state index in [9.17, 15) is 4.79 Å². The number of rotatable bonds is 8. The van der Waals surface area contributed by atoms with Crippen molar-refractivity contribution in [2.24, 2.45) is 0 Å². The number of carboxylic acid groups (broad SMARTS) is 1. The minimum atomic E-state index is -0.828. The van der Waals surface area contributed by atoms with Crippen molar-refractivity contribution in [3.8, 4) is 0 Å². The third-order valence-electron chi connectivity index (χ3n) is 4.21. The van der Waals surface area contributed by atoms with Gasteiger partial charge in [-0.25, -0.2) is 4.98 Å². The number of carbonyl (C=O) groups is 1. The second kappa shape index (κ2) is 9.26. The van der Waals surface area contributed by atoms with Gasteiger partial charge in [0, 0.05) is 28.7 Å². The molecule has 0 atom stereocenters. The van der Waals surface area contributed by atoms with Crippen LogP contribution in [0.5, 0.6) is 0 Å². The Bertz CT molecular complexity index is 958. The molecule has 7 heteroatoms. The fraction of sp³-hybridized carbons (Fsp3) is 0.286. The van der Waals surface area contributed by atoms with Crippen LogP contribution in [0.15, 0.2) is 58.7 Å². The molecule has 0 aliphatic carbocycles. The summed E-state index contributed by atoms with van der Waals surface area (Å²) in [4.78, 5) is 21.2. The molecule has 1 N–H and O–H groups in total. The first-order chi connectivity index (χ1) is 13.4. The number of benzene rings is 1. The fourth-order valence-corrected chi connectivity index (χ4v) is 4.35. The molecular formula is C21H22ClN3O2S. The third-order valence-corrected chi connectivity index (χ3v) is 5.56. The molecule has 28 heavy (non-hydrogen) atoms. The number of carboxylic acids is 1. The van der Waals surface area contributed by atoms with Gasteiger partial charge in [0.15, 0.2) is 0 Å². The van der Waals surface area contributed by atoms with Crippen LogP contribution in [0.25, 0.3) is 0 Å². The number of halogens is 1. The maximum Gasteiger partial charge on any atom is 0.303 e. The summed E-state index contributed by atoms with van der Waals surface area (Å²) >= 11 is 7.77. The number of aliphatic carboxylic acids is 1. The van der Waals surface area contributed by atoms with Gasteiger partial charge < -0.3 is 9.67 Å². The summed E-state index contributed by atoms with van der Waals surface area (Å²) in [6.45, 7) is 4.78. The van der Waals surface area contributed by atoms with Crippen molar-refractivity contribution in [1.29, 1.82) is 0 Å². The molecule has 146 valence electrons. The molecule has 3 rings (SSSR count). The lowest BCUT2D eigenvalue weighted by molar-refractivity contribution is -0.137.